The first kappa shape index (κ1) is 17.3. The zero-order valence-corrected chi connectivity index (χ0v) is 15.6. The SMILES string of the molecule is CCc1nc2ccccc2n1[C@@H](CC)C(=O)NCc1nc2ccccc2[nH]1. The minimum Gasteiger partial charge on any atom is -0.347 e. The Hall–Kier alpha value is -3.15. The lowest BCUT2D eigenvalue weighted by molar-refractivity contribution is -0.124. The number of hydrogen-bond donors (Lipinski definition) is 2. The lowest BCUT2D eigenvalue weighted by atomic mass is 10.2. The Labute approximate surface area is 157 Å². The van der Waals surface area contributed by atoms with Crippen molar-refractivity contribution in [3.8, 4) is 0 Å². The molecule has 2 aromatic carbocycles. The molecule has 2 N–H and O–H groups in total. The Kier molecular flexibility index (Phi) is 4.62. The van der Waals surface area contributed by atoms with Crippen LogP contribution in [-0.2, 0) is 17.8 Å². The van der Waals surface area contributed by atoms with Gasteiger partial charge in [0, 0.05) is 6.42 Å². The van der Waals surface area contributed by atoms with E-state index >= 15 is 0 Å². The molecule has 1 atom stereocenters. The van der Waals surface area contributed by atoms with Crippen LogP contribution in [0.5, 0.6) is 0 Å². The molecule has 0 spiro atoms. The summed E-state index contributed by atoms with van der Waals surface area (Å²) in [5, 5.41) is 3.03. The summed E-state index contributed by atoms with van der Waals surface area (Å²) in [5.74, 6) is 1.67. The monoisotopic (exact) mass is 361 g/mol. The van der Waals surface area contributed by atoms with Gasteiger partial charge in [-0.3, -0.25) is 4.79 Å². The molecule has 1 amide bonds. The number of carbonyl (C=O) groups excluding carboxylic acids is 1. The fraction of sp³-hybridized carbons (Fsp3) is 0.286. The highest BCUT2D eigenvalue weighted by atomic mass is 16.2. The van der Waals surface area contributed by atoms with E-state index in [4.69, 9.17) is 4.98 Å². The first-order valence-electron chi connectivity index (χ1n) is 9.38. The Morgan fingerprint density at radius 1 is 1.07 bits per heavy atom. The van der Waals surface area contributed by atoms with Gasteiger partial charge in [0.2, 0.25) is 5.91 Å². The summed E-state index contributed by atoms with van der Waals surface area (Å²) >= 11 is 0. The van der Waals surface area contributed by atoms with Crippen molar-refractivity contribution in [2.75, 3.05) is 0 Å². The van der Waals surface area contributed by atoms with Crippen molar-refractivity contribution in [3.05, 3.63) is 60.2 Å². The maximum atomic E-state index is 13.0. The molecule has 0 bridgehead atoms. The Bertz CT molecular complexity index is 1060. The molecule has 0 radical (unpaired) electrons. The quantitative estimate of drug-likeness (QED) is 0.549. The second-order valence-corrected chi connectivity index (χ2v) is 6.58. The number of aryl methyl sites for hydroxylation is 1. The molecule has 0 aliphatic rings. The fourth-order valence-corrected chi connectivity index (χ4v) is 3.55. The van der Waals surface area contributed by atoms with Gasteiger partial charge in [-0.25, -0.2) is 9.97 Å². The number of H-pyrrole nitrogens is 1. The molecule has 4 aromatic rings. The van der Waals surface area contributed by atoms with Crippen LogP contribution in [0, 0.1) is 0 Å². The maximum absolute atomic E-state index is 13.0. The van der Waals surface area contributed by atoms with Crippen LogP contribution in [0.15, 0.2) is 48.5 Å². The van der Waals surface area contributed by atoms with Crippen LogP contribution in [-0.4, -0.2) is 25.4 Å². The molecule has 2 heterocycles. The third-order valence-corrected chi connectivity index (χ3v) is 4.85. The van der Waals surface area contributed by atoms with Crippen LogP contribution in [0.4, 0.5) is 0 Å². The van der Waals surface area contributed by atoms with Crippen molar-refractivity contribution < 1.29 is 4.79 Å². The Morgan fingerprint density at radius 2 is 1.81 bits per heavy atom. The normalized spacial score (nSPS) is 12.5. The summed E-state index contributed by atoms with van der Waals surface area (Å²) in [5.41, 5.74) is 3.81. The Balaban J connectivity index is 1.58. The van der Waals surface area contributed by atoms with Crippen molar-refractivity contribution in [3.63, 3.8) is 0 Å². The smallest absolute Gasteiger partial charge is 0.243 e. The van der Waals surface area contributed by atoms with E-state index in [-0.39, 0.29) is 11.9 Å². The third-order valence-electron chi connectivity index (χ3n) is 4.85. The predicted molar refractivity (Wildman–Crippen MR) is 106 cm³/mol. The number of fused-ring (bicyclic) bond motifs is 2. The number of carbonyl (C=O) groups is 1. The molecular weight excluding hydrogens is 338 g/mol. The number of aromatic nitrogens is 4. The van der Waals surface area contributed by atoms with E-state index < -0.39 is 0 Å². The highest BCUT2D eigenvalue weighted by Gasteiger charge is 2.23. The zero-order chi connectivity index (χ0) is 18.8. The number of hydrogen-bond acceptors (Lipinski definition) is 3. The molecule has 6 nitrogen and oxygen atoms in total. The lowest BCUT2D eigenvalue weighted by Crippen LogP contribution is -2.33. The summed E-state index contributed by atoms with van der Waals surface area (Å²) in [6.45, 7) is 4.47. The second-order valence-electron chi connectivity index (χ2n) is 6.58. The summed E-state index contributed by atoms with van der Waals surface area (Å²) in [7, 11) is 0. The van der Waals surface area contributed by atoms with E-state index in [1.54, 1.807) is 0 Å². The van der Waals surface area contributed by atoms with Gasteiger partial charge in [-0.15, -0.1) is 0 Å². The number of imidazole rings is 2. The van der Waals surface area contributed by atoms with Crippen molar-refractivity contribution >= 4 is 28.0 Å². The van der Waals surface area contributed by atoms with Crippen molar-refractivity contribution in [1.29, 1.82) is 0 Å². The number of nitrogens with zero attached hydrogens (tertiary/aromatic N) is 3. The molecule has 0 aliphatic carbocycles. The van der Waals surface area contributed by atoms with E-state index in [2.05, 4.69) is 26.8 Å². The van der Waals surface area contributed by atoms with Gasteiger partial charge >= 0.3 is 0 Å². The lowest BCUT2D eigenvalue weighted by Gasteiger charge is -2.19. The molecule has 4 rings (SSSR count). The number of amides is 1. The van der Waals surface area contributed by atoms with Gasteiger partial charge in [-0.2, -0.15) is 0 Å². The second kappa shape index (κ2) is 7.23. The molecule has 0 unspecified atom stereocenters. The highest BCUT2D eigenvalue weighted by Crippen LogP contribution is 2.24. The number of benzene rings is 2. The minimum absolute atomic E-state index is 0.0178. The number of nitrogens with one attached hydrogen (secondary N) is 2. The van der Waals surface area contributed by atoms with Crippen molar-refractivity contribution in [1.82, 2.24) is 24.8 Å². The van der Waals surface area contributed by atoms with E-state index in [0.29, 0.717) is 13.0 Å². The average molecular weight is 361 g/mol. The minimum atomic E-state index is -0.295. The van der Waals surface area contributed by atoms with E-state index in [0.717, 1.165) is 40.1 Å². The van der Waals surface area contributed by atoms with Gasteiger partial charge < -0.3 is 14.9 Å². The van der Waals surface area contributed by atoms with Crippen molar-refractivity contribution in [2.45, 2.75) is 39.3 Å². The molecule has 0 aliphatic heterocycles. The molecular formula is C21H23N5O. The van der Waals surface area contributed by atoms with Gasteiger partial charge in [0.05, 0.1) is 28.6 Å². The van der Waals surface area contributed by atoms with Crippen LogP contribution in [0.3, 0.4) is 0 Å². The van der Waals surface area contributed by atoms with E-state index in [1.807, 2.05) is 55.5 Å². The van der Waals surface area contributed by atoms with Gasteiger partial charge in [0.1, 0.15) is 17.7 Å². The van der Waals surface area contributed by atoms with E-state index in [1.165, 1.54) is 0 Å². The largest absolute Gasteiger partial charge is 0.347 e. The summed E-state index contributed by atoms with van der Waals surface area (Å²) < 4.78 is 2.07. The van der Waals surface area contributed by atoms with Crippen LogP contribution < -0.4 is 5.32 Å². The molecule has 27 heavy (non-hydrogen) atoms. The topological polar surface area (TPSA) is 75.6 Å². The highest BCUT2D eigenvalue weighted by molar-refractivity contribution is 5.84. The number of rotatable bonds is 6. The zero-order valence-electron chi connectivity index (χ0n) is 15.6. The standard InChI is InChI=1S/C21H23N5O/c1-3-17(26-18-12-8-7-11-16(18)25-20(26)4-2)21(27)22-13-19-23-14-9-5-6-10-15(14)24-19/h5-12,17H,3-4,13H2,1-2H3,(H,22,27)(H,23,24)/t17-/m0/s1. The summed E-state index contributed by atoms with van der Waals surface area (Å²) in [6, 6.07) is 15.5. The molecule has 0 saturated carbocycles. The first-order chi connectivity index (χ1) is 13.2. The summed E-state index contributed by atoms with van der Waals surface area (Å²) in [4.78, 5) is 25.4. The third kappa shape index (κ3) is 3.18. The maximum Gasteiger partial charge on any atom is 0.243 e. The van der Waals surface area contributed by atoms with Crippen LogP contribution in [0.1, 0.15) is 38.0 Å². The molecule has 0 saturated heterocycles. The number of aromatic amines is 1. The van der Waals surface area contributed by atoms with Gasteiger partial charge in [0.15, 0.2) is 0 Å². The van der Waals surface area contributed by atoms with Gasteiger partial charge in [-0.05, 0) is 30.7 Å². The van der Waals surface area contributed by atoms with Crippen LogP contribution >= 0.6 is 0 Å². The van der Waals surface area contributed by atoms with Gasteiger partial charge in [0.25, 0.3) is 0 Å². The first-order valence-corrected chi connectivity index (χ1v) is 9.38. The van der Waals surface area contributed by atoms with Crippen LogP contribution in [0.2, 0.25) is 0 Å². The molecule has 6 heteroatoms. The Morgan fingerprint density at radius 3 is 2.56 bits per heavy atom. The number of para-hydroxylation sites is 4. The molecule has 138 valence electrons. The van der Waals surface area contributed by atoms with E-state index in [9.17, 15) is 4.79 Å². The van der Waals surface area contributed by atoms with Gasteiger partial charge in [-0.1, -0.05) is 38.1 Å². The average Bonchev–Trinajstić information content (AvgIpc) is 3.28. The molecule has 2 aromatic heterocycles. The molecule has 0 fully saturated rings. The predicted octanol–water partition coefficient (Wildman–Crippen LogP) is 3.74. The van der Waals surface area contributed by atoms with Crippen molar-refractivity contribution in [2.24, 2.45) is 0 Å². The van der Waals surface area contributed by atoms with Crippen LogP contribution in [0.25, 0.3) is 22.1 Å². The fourth-order valence-electron chi connectivity index (χ4n) is 3.55. The summed E-state index contributed by atoms with van der Waals surface area (Å²) in [6.07, 6.45) is 1.47.